The number of aryl methyl sites for hydroxylation is 1. The third-order valence-electron chi connectivity index (χ3n) is 1.85. The van der Waals surface area contributed by atoms with Gasteiger partial charge in [0.15, 0.2) is 0 Å². The largest absolute Gasteiger partial charge is 0.384 e. The Hall–Kier alpha value is -0.830. The highest BCUT2D eigenvalue weighted by molar-refractivity contribution is 5.02. The molecule has 0 fully saturated rings. The van der Waals surface area contributed by atoms with Crippen LogP contribution in [0.1, 0.15) is 11.5 Å². The first-order valence-corrected chi connectivity index (χ1v) is 3.72. The summed E-state index contributed by atoms with van der Waals surface area (Å²) in [6, 6.07) is 0. The average molecular weight is 154 g/mol. The molecule has 1 heterocycles. The summed E-state index contributed by atoms with van der Waals surface area (Å²) in [4.78, 5) is 4.24. The van der Waals surface area contributed by atoms with Gasteiger partial charge in [0.1, 0.15) is 5.82 Å². The first-order chi connectivity index (χ1) is 5.25. The second-order valence-corrected chi connectivity index (χ2v) is 2.62. The van der Waals surface area contributed by atoms with E-state index in [1.54, 1.807) is 7.11 Å². The molecule has 1 aromatic heterocycles. The van der Waals surface area contributed by atoms with Crippen LogP contribution in [0.15, 0.2) is 6.20 Å². The average Bonchev–Trinajstić information content (AvgIpc) is 2.31. The van der Waals surface area contributed by atoms with Gasteiger partial charge in [-0.3, -0.25) is 0 Å². The fraction of sp³-hybridized carbons (Fsp3) is 0.625. The minimum Gasteiger partial charge on any atom is -0.384 e. The van der Waals surface area contributed by atoms with Crippen molar-refractivity contribution in [2.75, 3.05) is 13.7 Å². The Bertz CT molecular complexity index is 230. The van der Waals surface area contributed by atoms with E-state index in [1.807, 2.05) is 20.2 Å². The lowest BCUT2D eigenvalue weighted by molar-refractivity contribution is 0.200. The maximum absolute atomic E-state index is 4.96. The van der Waals surface area contributed by atoms with Gasteiger partial charge in [-0.2, -0.15) is 0 Å². The highest BCUT2D eigenvalue weighted by atomic mass is 16.5. The first kappa shape index (κ1) is 8.27. The number of imidazole rings is 1. The highest BCUT2D eigenvalue weighted by Crippen LogP contribution is 2.01. The number of methoxy groups -OCH3 is 1. The summed E-state index contributed by atoms with van der Waals surface area (Å²) in [7, 11) is 3.73. The topological polar surface area (TPSA) is 27.1 Å². The molecule has 0 saturated carbocycles. The molecule has 1 rings (SSSR count). The lowest BCUT2D eigenvalue weighted by Gasteiger charge is -2.01. The van der Waals surface area contributed by atoms with Gasteiger partial charge in [0, 0.05) is 32.5 Å². The van der Waals surface area contributed by atoms with Crippen molar-refractivity contribution in [1.29, 1.82) is 0 Å². The molecule has 0 radical (unpaired) electrons. The van der Waals surface area contributed by atoms with Crippen LogP contribution >= 0.6 is 0 Å². The molecule has 3 nitrogen and oxygen atoms in total. The Morgan fingerprint density at radius 3 is 2.82 bits per heavy atom. The van der Waals surface area contributed by atoms with E-state index in [2.05, 4.69) is 9.55 Å². The van der Waals surface area contributed by atoms with Crippen molar-refractivity contribution in [3.05, 3.63) is 17.7 Å². The molecule has 0 aliphatic heterocycles. The van der Waals surface area contributed by atoms with Crippen molar-refractivity contribution in [2.24, 2.45) is 7.05 Å². The zero-order valence-electron chi connectivity index (χ0n) is 7.29. The normalized spacial score (nSPS) is 10.5. The zero-order chi connectivity index (χ0) is 8.27. The summed E-state index contributed by atoms with van der Waals surface area (Å²) in [6.07, 6.45) is 2.77. The standard InChI is InChI=1S/C8H14N2O/c1-7-6-9-8(10(7)2)4-5-11-3/h6H,4-5H2,1-3H3. The van der Waals surface area contributed by atoms with Gasteiger partial charge in [-0.05, 0) is 6.92 Å². The summed E-state index contributed by atoms with van der Waals surface area (Å²) in [6.45, 7) is 2.79. The van der Waals surface area contributed by atoms with Crippen molar-refractivity contribution in [1.82, 2.24) is 9.55 Å². The van der Waals surface area contributed by atoms with Crippen LogP contribution in [-0.4, -0.2) is 23.3 Å². The Labute approximate surface area is 67.0 Å². The predicted octanol–water partition coefficient (Wildman–Crippen LogP) is 0.917. The molecule has 62 valence electrons. The van der Waals surface area contributed by atoms with Crippen LogP contribution in [0.25, 0.3) is 0 Å². The molecule has 0 aliphatic carbocycles. The van der Waals surface area contributed by atoms with Crippen LogP contribution in [0.3, 0.4) is 0 Å². The monoisotopic (exact) mass is 154 g/mol. The number of nitrogens with zero attached hydrogens (tertiary/aromatic N) is 2. The number of hydrogen-bond acceptors (Lipinski definition) is 2. The van der Waals surface area contributed by atoms with Gasteiger partial charge in [0.25, 0.3) is 0 Å². The van der Waals surface area contributed by atoms with E-state index in [1.165, 1.54) is 5.69 Å². The van der Waals surface area contributed by atoms with E-state index in [0.29, 0.717) is 0 Å². The molecule has 3 heteroatoms. The number of ether oxygens (including phenoxy) is 1. The maximum Gasteiger partial charge on any atom is 0.110 e. The van der Waals surface area contributed by atoms with E-state index >= 15 is 0 Å². The van der Waals surface area contributed by atoms with Crippen molar-refractivity contribution >= 4 is 0 Å². The molecule has 0 N–H and O–H groups in total. The molecule has 0 atom stereocenters. The molecular weight excluding hydrogens is 140 g/mol. The van der Waals surface area contributed by atoms with Crippen LogP contribution in [0.2, 0.25) is 0 Å². The maximum atomic E-state index is 4.96. The SMILES string of the molecule is COCCc1ncc(C)n1C. The lowest BCUT2D eigenvalue weighted by Crippen LogP contribution is -2.03. The number of hydrogen-bond donors (Lipinski definition) is 0. The summed E-state index contributed by atoms with van der Waals surface area (Å²) in [5.74, 6) is 1.09. The number of aromatic nitrogens is 2. The quantitative estimate of drug-likeness (QED) is 0.647. The van der Waals surface area contributed by atoms with Gasteiger partial charge in [-0.1, -0.05) is 0 Å². The second kappa shape index (κ2) is 3.53. The summed E-state index contributed by atoms with van der Waals surface area (Å²) >= 11 is 0. The van der Waals surface area contributed by atoms with E-state index in [4.69, 9.17) is 4.74 Å². The molecule has 0 aromatic carbocycles. The summed E-state index contributed by atoms with van der Waals surface area (Å²) in [5.41, 5.74) is 1.19. The lowest BCUT2D eigenvalue weighted by atomic mass is 10.4. The second-order valence-electron chi connectivity index (χ2n) is 2.62. The molecule has 11 heavy (non-hydrogen) atoms. The van der Waals surface area contributed by atoms with Crippen LogP contribution in [0.5, 0.6) is 0 Å². The molecule has 0 saturated heterocycles. The van der Waals surface area contributed by atoms with Gasteiger partial charge in [-0.15, -0.1) is 0 Å². The van der Waals surface area contributed by atoms with Crippen LogP contribution < -0.4 is 0 Å². The van der Waals surface area contributed by atoms with Crippen molar-refractivity contribution in [3.63, 3.8) is 0 Å². The first-order valence-electron chi connectivity index (χ1n) is 3.72. The van der Waals surface area contributed by atoms with E-state index in [0.717, 1.165) is 18.9 Å². The Balaban J connectivity index is 2.63. The molecule has 0 bridgehead atoms. The van der Waals surface area contributed by atoms with Crippen LogP contribution in [-0.2, 0) is 18.2 Å². The Morgan fingerprint density at radius 2 is 2.36 bits per heavy atom. The summed E-state index contributed by atoms with van der Waals surface area (Å²) in [5, 5.41) is 0. The van der Waals surface area contributed by atoms with Gasteiger partial charge in [0.05, 0.1) is 6.61 Å². The van der Waals surface area contributed by atoms with E-state index < -0.39 is 0 Å². The Morgan fingerprint density at radius 1 is 1.64 bits per heavy atom. The van der Waals surface area contributed by atoms with Gasteiger partial charge in [-0.25, -0.2) is 4.98 Å². The fourth-order valence-electron chi connectivity index (χ4n) is 0.970. The molecule has 0 amide bonds. The summed E-state index contributed by atoms with van der Waals surface area (Å²) < 4.78 is 7.04. The minimum atomic E-state index is 0.740. The van der Waals surface area contributed by atoms with Gasteiger partial charge >= 0.3 is 0 Å². The highest BCUT2D eigenvalue weighted by Gasteiger charge is 2.00. The van der Waals surface area contributed by atoms with Gasteiger partial charge in [0.2, 0.25) is 0 Å². The molecular formula is C8H14N2O. The van der Waals surface area contributed by atoms with Crippen LogP contribution in [0, 0.1) is 6.92 Å². The van der Waals surface area contributed by atoms with Crippen molar-refractivity contribution in [2.45, 2.75) is 13.3 Å². The van der Waals surface area contributed by atoms with Gasteiger partial charge < -0.3 is 9.30 Å². The van der Waals surface area contributed by atoms with Crippen molar-refractivity contribution < 1.29 is 4.74 Å². The van der Waals surface area contributed by atoms with E-state index in [9.17, 15) is 0 Å². The molecule has 1 aromatic rings. The van der Waals surface area contributed by atoms with Crippen LogP contribution in [0.4, 0.5) is 0 Å². The molecule has 0 spiro atoms. The fourth-order valence-corrected chi connectivity index (χ4v) is 0.970. The minimum absolute atomic E-state index is 0.740. The smallest absolute Gasteiger partial charge is 0.110 e. The van der Waals surface area contributed by atoms with E-state index in [-0.39, 0.29) is 0 Å². The third-order valence-corrected chi connectivity index (χ3v) is 1.85. The van der Waals surface area contributed by atoms with Crippen molar-refractivity contribution in [3.8, 4) is 0 Å². The molecule has 0 aliphatic rings. The predicted molar refractivity (Wildman–Crippen MR) is 43.5 cm³/mol. The zero-order valence-corrected chi connectivity index (χ0v) is 7.29. The Kier molecular flexibility index (Phi) is 2.65. The number of rotatable bonds is 3. The molecule has 0 unspecified atom stereocenters. The third kappa shape index (κ3) is 1.80.